The minimum Gasteiger partial charge on any atom is -0.464 e. The lowest BCUT2D eigenvalue weighted by molar-refractivity contribution is -0.106. The fourth-order valence-electron chi connectivity index (χ4n) is 3.90. The quantitative estimate of drug-likeness (QED) is 0.437. The van der Waals surface area contributed by atoms with Gasteiger partial charge in [0.2, 0.25) is 0 Å². The topological polar surface area (TPSA) is 58.8 Å². The molecular weight excluding hydrogens is 405 g/mol. The van der Waals surface area contributed by atoms with Gasteiger partial charge in [0.1, 0.15) is 11.5 Å². The Morgan fingerprint density at radius 2 is 2.13 bits per heavy atom. The lowest BCUT2D eigenvalue weighted by atomic mass is 9.57. The summed E-state index contributed by atoms with van der Waals surface area (Å²) in [6.45, 7) is 9.46. The molecule has 23 heavy (non-hydrogen) atoms. The summed E-state index contributed by atoms with van der Waals surface area (Å²) in [4.78, 5) is 4.37. The number of nitrogens with one attached hydrogen (secondary N) is 2. The summed E-state index contributed by atoms with van der Waals surface area (Å²) in [5.74, 6) is 3.27. The van der Waals surface area contributed by atoms with Crippen molar-refractivity contribution in [1.82, 2.24) is 10.6 Å². The number of hydrogen-bond donors (Lipinski definition) is 2. The fourth-order valence-corrected chi connectivity index (χ4v) is 3.90. The summed E-state index contributed by atoms with van der Waals surface area (Å²) >= 11 is 0. The lowest BCUT2D eigenvalue weighted by Gasteiger charge is -2.55. The Hall–Kier alpha value is -0.760. The summed E-state index contributed by atoms with van der Waals surface area (Å²) in [5, 5.41) is 7.01. The third-order valence-electron chi connectivity index (χ3n) is 5.16. The lowest BCUT2D eigenvalue weighted by Crippen LogP contribution is -2.68. The zero-order valence-electron chi connectivity index (χ0n) is 14.6. The summed E-state index contributed by atoms with van der Waals surface area (Å²) in [6, 6.07) is 4.48. The monoisotopic (exact) mass is 433 g/mol. The zero-order chi connectivity index (χ0) is 15.9. The minimum atomic E-state index is 0. The standard InChI is InChI=1S/C17H27N3O2.HI/c1-10-6-7-13(22-10)11(2)19-16(18-5)20-14-12-8-9-21-15(12)17(14,3)4;/h6-7,11-12,14-15H,8-9H2,1-5H3,(H2,18,19,20);1H. The maximum Gasteiger partial charge on any atom is 0.191 e. The van der Waals surface area contributed by atoms with Gasteiger partial charge in [0.05, 0.1) is 12.1 Å². The van der Waals surface area contributed by atoms with Crippen LogP contribution in [0.2, 0.25) is 0 Å². The van der Waals surface area contributed by atoms with E-state index < -0.39 is 0 Å². The average Bonchev–Trinajstić information content (AvgIpc) is 3.10. The molecule has 0 bridgehead atoms. The fraction of sp³-hybridized carbons (Fsp3) is 0.706. The molecule has 4 atom stereocenters. The number of fused-ring (bicyclic) bond motifs is 1. The number of ether oxygens (including phenoxy) is 1. The molecule has 4 unspecified atom stereocenters. The van der Waals surface area contributed by atoms with E-state index in [2.05, 4.69) is 36.4 Å². The molecule has 1 aromatic rings. The third kappa shape index (κ3) is 3.38. The van der Waals surface area contributed by atoms with E-state index in [4.69, 9.17) is 9.15 Å². The van der Waals surface area contributed by atoms with Crippen molar-refractivity contribution in [2.45, 2.75) is 52.3 Å². The minimum absolute atomic E-state index is 0. The molecule has 1 saturated heterocycles. The predicted molar refractivity (Wildman–Crippen MR) is 102 cm³/mol. The van der Waals surface area contributed by atoms with Crippen LogP contribution in [0.15, 0.2) is 21.5 Å². The number of nitrogens with zero attached hydrogens (tertiary/aromatic N) is 1. The van der Waals surface area contributed by atoms with Crippen molar-refractivity contribution in [3.8, 4) is 0 Å². The van der Waals surface area contributed by atoms with Crippen LogP contribution < -0.4 is 10.6 Å². The van der Waals surface area contributed by atoms with Gasteiger partial charge in [-0.05, 0) is 32.4 Å². The van der Waals surface area contributed by atoms with E-state index in [0.717, 1.165) is 30.5 Å². The maximum atomic E-state index is 5.85. The van der Waals surface area contributed by atoms with Crippen molar-refractivity contribution >= 4 is 29.9 Å². The van der Waals surface area contributed by atoms with Crippen molar-refractivity contribution in [1.29, 1.82) is 0 Å². The molecular formula is C17H28IN3O2. The van der Waals surface area contributed by atoms with Crippen LogP contribution in [0.1, 0.15) is 44.8 Å². The second-order valence-electron chi connectivity index (χ2n) is 7.07. The molecule has 5 nitrogen and oxygen atoms in total. The first kappa shape index (κ1) is 18.6. The molecule has 2 heterocycles. The molecule has 2 aliphatic rings. The van der Waals surface area contributed by atoms with Crippen LogP contribution in [0.3, 0.4) is 0 Å². The maximum absolute atomic E-state index is 5.85. The number of guanidine groups is 1. The van der Waals surface area contributed by atoms with Gasteiger partial charge < -0.3 is 19.8 Å². The van der Waals surface area contributed by atoms with Gasteiger partial charge in [0.15, 0.2) is 5.96 Å². The Kier molecular flexibility index (Phi) is 5.66. The van der Waals surface area contributed by atoms with Crippen molar-refractivity contribution in [2.75, 3.05) is 13.7 Å². The van der Waals surface area contributed by atoms with E-state index >= 15 is 0 Å². The van der Waals surface area contributed by atoms with Gasteiger partial charge in [0, 0.05) is 31.0 Å². The molecule has 2 fully saturated rings. The largest absolute Gasteiger partial charge is 0.464 e. The highest BCUT2D eigenvalue weighted by molar-refractivity contribution is 14.0. The van der Waals surface area contributed by atoms with Gasteiger partial charge in [-0.3, -0.25) is 4.99 Å². The average molecular weight is 433 g/mol. The van der Waals surface area contributed by atoms with Gasteiger partial charge >= 0.3 is 0 Å². The van der Waals surface area contributed by atoms with E-state index in [1.807, 2.05) is 26.1 Å². The SMILES string of the molecule is CN=C(NC(C)c1ccc(C)o1)NC1C2CCOC2C1(C)C.I. The van der Waals surface area contributed by atoms with Gasteiger partial charge in [-0.1, -0.05) is 13.8 Å². The van der Waals surface area contributed by atoms with E-state index in [0.29, 0.717) is 18.1 Å². The molecule has 2 N–H and O–H groups in total. The molecule has 3 rings (SSSR count). The molecule has 1 aromatic heterocycles. The Morgan fingerprint density at radius 1 is 1.39 bits per heavy atom. The number of aliphatic imine (C=N–C) groups is 1. The van der Waals surface area contributed by atoms with Crippen LogP contribution >= 0.6 is 24.0 Å². The van der Waals surface area contributed by atoms with Crippen LogP contribution in [0.5, 0.6) is 0 Å². The molecule has 1 saturated carbocycles. The Labute approximate surface area is 155 Å². The predicted octanol–water partition coefficient (Wildman–Crippen LogP) is 3.25. The number of aryl methyl sites for hydroxylation is 1. The first-order valence-electron chi connectivity index (χ1n) is 8.11. The van der Waals surface area contributed by atoms with Crippen molar-refractivity contribution in [2.24, 2.45) is 16.3 Å². The molecule has 0 spiro atoms. The van der Waals surface area contributed by atoms with Gasteiger partial charge in [-0.2, -0.15) is 0 Å². The van der Waals surface area contributed by atoms with Gasteiger partial charge in [0.25, 0.3) is 0 Å². The number of rotatable bonds is 3. The van der Waals surface area contributed by atoms with Crippen molar-refractivity contribution < 1.29 is 9.15 Å². The Morgan fingerprint density at radius 3 is 2.74 bits per heavy atom. The molecule has 1 aliphatic heterocycles. The second-order valence-corrected chi connectivity index (χ2v) is 7.07. The van der Waals surface area contributed by atoms with E-state index in [1.165, 1.54) is 0 Å². The van der Waals surface area contributed by atoms with Crippen molar-refractivity contribution in [3.63, 3.8) is 0 Å². The summed E-state index contributed by atoms with van der Waals surface area (Å²) in [6.07, 6.45) is 1.52. The first-order chi connectivity index (χ1) is 10.4. The third-order valence-corrected chi connectivity index (χ3v) is 5.16. The van der Waals surface area contributed by atoms with Crippen LogP contribution in [0.25, 0.3) is 0 Å². The van der Waals surface area contributed by atoms with E-state index in [-0.39, 0.29) is 35.4 Å². The van der Waals surface area contributed by atoms with Crippen LogP contribution in [-0.4, -0.2) is 31.8 Å². The van der Waals surface area contributed by atoms with E-state index in [1.54, 1.807) is 0 Å². The van der Waals surface area contributed by atoms with Crippen LogP contribution in [-0.2, 0) is 4.74 Å². The normalized spacial score (nSPS) is 30.0. The summed E-state index contributed by atoms with van der Waals surface area (Å²) in [7, 11) is 1.81. The van der Waals surface area contributed by atoms with Crippen LogP contribution in [0, 0.1) is 18.3 Å². The summed E-state index contributed by atoms with van der Waals surface area (Å²) < 4.78 is 11.5. The Balaban J connectivity index is 0.00000192. The highest BCUT2D eigenvalue weighted by Crippen LogP contribution is 2.52. The molecule has 0 aromatic carbocycles. The Bertz CT molecular complexity index is 570. The summed E-state index contributed by atoms with van der Waals surface area (Å²) in [5.41, 5.74) is 0.142. The zero-order valence-corrected chi connectivity index (χ0v) is 16.9. The van der Waals surface area contributed by atoms with Crippen LogP contribution in [0.4, 0.5) is 0 Å². The van der Waals surface area contributed by atoms with Gasteiger partial charge in [-0.25, -0.2) is 0 Å². The number of furan rings is 1. The molecule has 130 valence electrons. The van der Waals surface area contributed by atoms with Gasteiger partial charge in [-0.15, -0.1) is 24.0 Å². The number of halogens is 1. The molecule has 0 radical (unpaired) electrons. The second kappa shape index (κ2) is 7.01. The highest BCUT2D eigenvalue weighted by atomic mass is 127. The molecule has 6 heteroatoms. The first-order valence-corrected chi connectivity index (χ1v) is 8.11. The van der Waals surface area contributed by atoms with E-state index in [9.17, 15) is 0 Å². The number of hydrogen-bond acceptors (Lipinski definition) is 3. The highest BCUT2D eigenvalue weighted by Gasteiger charge is 2.59. The molecule has 0 amide bonds. The van der Waals surface area contributed by atoms with Crippen molar-refractivity contribution in [3.05, 3.63) is 23.7 Å². The molecule has 1 aliphatic carbocycles. The smallest absolute Gasteiger partial charge is 0.191 e.